The maximum Gasteiger partial charge on any atom is 0.140 e. The van der Waals surface area contributed by atoms with Crippen LogP contribution in [0.15, 0.2) is 0 Å². The van der Waals surface area contributed by atoms with Crippen molar-refractivity contribution in [3.8, 4) is 0 Å². The predicted octanol–water partition coefficient (Wildman–Crippen LogP) is 1.33. The fourth-order valence-electron chi connectivity index (χ4n) is 6.24. The Balaban J connectivity index is 1.94. The summed E-state index contributed by atoms with van der Waals surface area (Å²) in [5.41, 5.74) is 0. The third-order valence-corrected chi connectivity index (χ3v) is 6.03. The largest absolute Gasteiger partial charge is 0.299 e. The topological polar surface area (TPSA) is 17.1 Å². The van der Waals surface area contributed by atoms with Crippen molar-refractivity contribution in [3.63, 3.8) is 0 Å². The van der Waals surface area contributed by atoms with Crippen molar-refractivity contribution in [3.05, 3.63) is 0 Å². The molecule has 0 amide bonds. The van der Waals surface area contributed by atoms with Gasteiger partial charge in [-0.3, -0.25) is 4.79 Å². The average Bonchev–Trinajstić information content (AvgIpc) is 2.68. The van der Waals surface area contributed by atoms with E-state index in [4.69, 9.17) is 0 Å². The van der Waals surface area contributed by atoms with Gasteiger partial charge in [0.05, 0.1) is 0 Å². The lowest BCUT2D eigenvalue weighted by molar-refractivity contribution is -0.122. The lowest BCUT2D eigenvalue weighted by Gasteiger charge is -2.32. The number of rotatable bonds is 0. The first-order valence-electron chi connectivity index (χ1n) is 5.41. The molecule has 6 aliphatic rings. The minimum absolute atomic E-state index is 0.591. The molecule has 1 nitrogen and oxygen atoms in total. The van der Waals surface area contributed by atoms with E-state index < -0.39 is 0 Å². The lowest BCUT2D eigenvalue weighted by Crippen LogP contribution is -2.30. The van der Waals surface area contributed by atoms with Gasteiger partial charge in [0, 0.05) is 11.8 Å². The van der Waals surface area contributed by atoms with Crippen molar-refractivity contribution in [1.29, 1.82) is 0 Å². The predicted molar refractivity (Wildman–Crippen MR) is 42.2 cm³/mol. The molecule has 6 bridgehead atoms. The second-order valence-electron chi connectivity index (χ2n) is 5.74. The first-order valence-corrected chi connectivity index (χ1v) is 5.41. The molecule has 0 heterocycles. The first-order chi connectivity index (χ1) is 5.88. The monoisotopic (exact) mass is 160 g/mol. The summed E-state index contributed by atoms with van der Waals surface area (Å²) in [7, 11) is 0. The number of hydrogen-bond donors (Lipinski definition) is 0. The fourth-order valence-corrected chi connectivity index (χ4v) is 6.24. The summed E-state index contributed by atoms with van der Waals surface area (Å²) in [4.78, 5) is 11.9. The van der Waals surface area contributed by atoms with Gasteiger partial charge in [-0.25, -0.2) is 0 Å². The van der Waals surface area contributed by atoms with Crippen molar-refractivity contribution < 1.29 is 4.79 Å². The molecule has 0 spiro atoms. The third-order valence-electron chi connectivity index (χ3n) is 6.03. The van der Waals surface area contributed by atoms with E-state index in [0.29, 0.717) is 17.6 Å². The van der Waals surface area contributed by atoms with E-state index in [0.717, 1.165) is 35.5 Å². The Morgan fingerprint density at radius 1 is 0.833 bits per heavy atom. The first kappa shape index (κ1) is 5.41. The Morgan fingerprint density at radius 2 is 1.33 bits per heavy atom. The molecular formula is C11H12O. The van der Waals surface area contributed by atoms with Crippen LogP contribution >= 0.6 is 0 Å². The molecule has 0 aromatic rings. The second kappa shape index (κ2) is 1.21. The SMILES string of the molecule is O=C1[C@@H]2[C@@H]3C[C@H]4[C@@H]5C[C@H]([C@H]1[C@H]53)[C@@H]42. The van der Waals surface area contributed by atoms with E-state index in [-0.39, 0.29) is 0 Å². The third kappa shape index (κ3) is 0.272. The van der Waals surface area contributed by atoms with Gasteiger partial charge >= 0.3 is 0 Å². The summed E-state index contributed by atoms with van der Waals surface area (Å²) < 4.78 is 0. The van der Waals surface area contributed by atoms with Crippen LogP contribution in [0.4, 0.5) is 0 Å². The van der Waals surface area contributed by atoms with E-state index in [1.807, 2.05) is 0 Å². The quantitative estimate of drug-likeness (QED) is 0.522. The Bertz CT molecular complexity index is 291. The summed E-state index contributed by atoms with van der Waals surface area (Å²) in [5.74, 6) is 7.54. The molecule has 1 heteroatoms. The normalized spacial score (nSPS) is 79.2. The van der Waals surface area contributed by atoms with Crippen LogP contribution in [0.2, 0.25) is 0 Å². The molecule has 0 aromatic heterocycles. The van der Waals surface area contributed by atoms with Crippen molar-refractivity contribution >= 4 is 5.78 Å². The molecule has 8 atom stereocenters. The maximum absolute atomic E-state index is 11.9. The van der Waals surface area contributed by atoms with E-state index in [2.05, 4.69) is 0 Å². The zero-order valence-corrected chi connectivity index (χ0v) is 6.94. The lowest BCUT2D eigenvalue weighted by atomic mass is 9.71. The van der Waals surface area contributed by atoms with Gasteiger partial charge in [0.15, 0.2) is 0 Å². The van der Waals surface area contributed by atoms with E-state index in [1.54, 1.807) is 0 Å². The zero-order chi connectivity index (χ0) is 7.61. The summed E-state index contributed by atoms with van der Waals surface area (Å²) in [6, 6.07) is 0. The van der Waals surface area contributed by atoms with Crippen molar-refractivity contribution in [2.45, 2.75) is 12.8 Å². The number of carbonyl (C=O) groups is 1. The molecule has 0 saturated heterocycles. The molecule has 0 unspecified atom stereocenters. The Labute approximate surface area is 71.5 Å². The fraction of sp³-hybridized carbons (Fsp3) is 0.909. The highest BCUT2D eigenvalue weighted by Gasteiger charge is 2.80. The second-order valence-corrected chi connectivity index (χ2v) is 5.74. The maximum atomic E-state index is 11.9. The minimum Gasteiger partial charge on any atom is -0.299 e. The Morgan fingerprint density at radius 3 is 1.83 bits per heavy atom. The van der Waals surface area contributed by atoms with Crippen LogP contribution in [0.25, 0.3) is 0 Å². The van der Waals surface area contributed by atoms with Crippen LogP contribution in [0, 0.1) is 47.3 Å². The van der Waals surface area contributed by atoms with Crippen LogP contribution in [0.1, 0.15) is 12.8 Å². The number of carbonyl (C=O) groups excluding carboxylic acids is 1. The average molecular weight is 160 g/mol. The molecular weight excluding hydrogens is 148 g/mol. The molecule has 6 fully saturated rings. The van der Waals surface area contributed by atoms with E-state index in [1.165, 1.54) is 12.8 Å². The number of ketones is 1. The number of hydrogen-bond acceptors (Lipinski definition) is 1. The summed E-state index contributed by atoms with van der Waals surface area (Å²) in [6.45, 7) is 0. The minimum atomic E-state index is 0.591. The highest BCUT2D eigenvalue weighted by atomic mass is 16.1. The molecule has 6 rings (SSSR count). The smallest absolute Gasteiger partial charge is 0.140 e. The summed E-state index contributed by atoms with van der Waals surface area (Å²) >= 11 is 0. The van der Waals surface area contributed by atoms with Crippen molar-refractivity contribution in [2.75, 3.05) is 0 Å². The molecule has 0 radical (unpaired) electrons. The Hall–Kier alpha value is -0.330. The van der Waals surface area contributed by atoms with Crippen LogP contribution in [-0.2, 0) is 4.79 Å². The number of Topliss-reactive ketones (excluding diaryl/α,β-unsaturated/α-hetero) is 1. The van der Waals surface area contributed by atoms with Gasteiger partial charge in [0.2, 0.25) is 0 Å². The van der Waals surface area contributed by atoms with Gasteiger partial charge in [-0.1, -0.05) is 0 Å². The van der Waals surface area contributed by atoms with Crippen LogP contribution in [0.3, 0.4) is 0 Å². The van der Waals surface area contributed by atoms with Gasteiger partial charge < -0.3 is 0 Å². The highest BCUT2D eigenvalue weighted by molar-refractivity contribution is 5.91. The summed E-state index contributed by atoms with van der Waals surface area (Å²) in [5, 5.41) is 0. The van der Waals surface area contributed by atoms with Gasteiger partial charge in [0.25, 0.3) is 0 Å². The van der Waals surface area contributed by atoms with Gasteiger partial charge in [-0.2, -0.15) is 0 Å². The van der Waals surface area contributed by atoms with Crippen molar-refractivity contribution in [1.82, 2.24) is 0 Å². The highest BCUT2D eigenvalue weighted by Crippen LogP contribution is 2.81. The van der Waals surface area contributed by atoms with Gasteiger partial charge in [-0.05, 0) is 48.3 Å². The molecule has 6 saturated carbocycles. The Kier molecular flexibility index (Phi) is 0.547. The molecule has 12 heavy (non-hydrogen) atoms. The van der Waals surface area contributed by atoms with Crippen LogP contribution in [-0.4, -0.2) is 5.78 Å². The zero-order valence-electron chi connectivity index (χ0n) is 6.94. The van der Waals surface area contributed by atoms with Gasteiger partial charge in [-0.15, -0.1) is 0 Å². The molecule has 0 N–H and O–H groups in total. The van der Waals surface area contributed by atoms with E-state index >= 15 is 0 Å². The van der Waals surface area contributed by atoms with Crippen molar-refractivity contribution in [2.24, 2.45) is 47.3 Å². The van der Waals surface area contributed by atoms with Gasteiger partial charge in [0.1, 0.15) is 5.78 Å². The molecule has 0 aromatic carbocycles. The molecule has 6 aliphatic carbocycles. The van der Waals surface area contributed by atoms with Crippen LogP contribution in [0.5, 0.6) is 0 Å². The van der Waals surface area contributed by atoms with Crippen LogP contribution < -0.4 is 0 Å². The standard InChI is InChI=1S/C11H12O/c12-11-9-5-1-3-4-2-6(7(3)9)10(11)8(4)5/h3-10H,1-2H2/t3-,4-,5-,6+,7+,8+,9-,10+/m0/s1. The van der Waals surface area contributed by atoms with E-state index in [9.17, 15) is 4.79 Å². The molecule has 0 aliphatic heterocycles. The summed E-state index contributed by atoms with van der Waals surface area (Å²) in [6.07, 6.45) is 2.90. The molecule has 62 valence electrons.